The third kappa shape index (κ3) is 2.71. The van der Waals surface area contributed by atoms with Gasteiger partial charge < -0.3 is 0 Å². The van der Waals surface area contributed by atoms with Gasteiger partial charge >= 0.3 is 0 Å². The van der Waals surface area contributed by atoms with Crippen LogP contribution in [0, 0.1) is 0 Å². The van der Waals surface area contributed by atoms with Crippen molar-refractivity contribution in [3.63, 3.8) is 0 Å². The molecular formula is C15H17P. The maximum Gasteiger partial charge on any atom is -0.0132 e. The van der Waals surface area contributed by atoms with Crippen LogP contribution in [0.25, 0.3) is 5.57 Å². The van der Waals surface area contributed by atoms with Gasteiger partial charge in [-0.25, -0.2) is 0 Å². The molecule has 16 heavy (non-hydrogen) atoms. The van der Waals surface area contributed by atoms with Crippen molar-refractivity contribution >= 4 is 20.1 Å². The van der Waals surface area contributed by atoms with Crippen LogP contribution in [0.5, 0.6) is 0 Å². The van der Waals surface area contributed by atoms with E-state index in [0.717, 1.165) is 19.3 Å². The predicted molar refractivity (Wildman–Crippen MR) is 75.9 cm³/mol. The SMILES string of the molecule is C=C(CCC1=CC=CC1)c1ccccc1P. The van der Waals surface area contributed by atoms with Gasteiger partial charge in [0.2, 0.25) is 0 Å². The van der Waals surface area contributed by atoms with E-state index in [2.05, 4.69) is 58.3 Å². The van der Waals surface area contributed by atoms with Crippen LogP contribution in [0.15, 0.2) is 54.6 Å². The summed E-state index contributed by atoms with van der Waals surface area (Å²) in [5, 5.41) is 1.24. The molecule has 0 saturated carbocycles. The second kappa shape index (κ2) is 5.27. The second-order valence-electron chi connectivity index (χ2n) is 4.15. The summed E-state index contributed by atoms with van der Waals surface area (Å²) in [6, 6.07) is 8.39. The van der Waals surface area contributed by atoms with Crippen LogP contribution in [0.1, 0.15) is 24.8 Å². The van der Waals surface area contributed by atoms with Gasteiger partial charge in [-0.2, -0.15) is 0 Å². The molecule has 1 aromatic rings. The normalized spacial score (nSPS) is 13.9. The Morgan fingerprint density at radius 3 is 2.81 bits per heavy atom. The molecular weight excluding hydrogens is 211 g/mol. The molecule has 0 heterocycles. The van der Waals surface area contributed by atoms with E-state index in [-0.39, 0.29) is 0 Å². The summed E-state index contributed by atoms with van der Waals surface area (Å²) in [6.45, 7) is 4.19. The van der Waals surface area contributed by atoms with E-state index in [9.17, 15) is 0 Å². The summed E-state index contributed by atoms with van der Waals surface area (Å²) in [6.07, 6.45) is 9.88. The molecule has 2 rings (SSSR count). The predicted octanol–water partition coefficient (Wildman–Crippen LogP) is 3.87. The zero-order valence-corrected chi connectivity index (χ0v) is 10.6. The summed E-state index contributed by atoms with van der Waals surface area (Å²) in [7, 11) is 2.78. The van der Waals surface area contributed by atoms with Gasteiger partial charge in [-0.15, -0.1) is 9.24 Å². The zero-order valence-electron chi connectivity index (χ0n) is 9.45. The molecule has 0 bridgehead atoms. The van der Waals surface area contributed by atoms with Gasteiger partial charge in [-0.05, 0) is 35.7 Å². The minimum absolute atomic E-state index is 1.05. The van der Waals surface area contributed by atoms with Crippen molar-refractivity contribution in [3.8, 4) is 0 Å². The molecule has 1 aliphatic rings. The molecule has 0 radical (unpaired) electrons. The van der Waals surface area contributed by atoms with Crippen molar-refractivity contribution in [3.05, 3.63) is 60.2 Å². The van der Waals surface area contributed by atoms with Crippen LogP contribution in [0.4, 0.5) is 0 Å². The number of allylic oxidation sites excluding steroid dienone is 5. The molecule has 0 fully saturated rings. The Balaban J connectivity index is 1.96. The first-order chi connectivity index (χ1) is 7.77. The molecule has 82 valence electrons. The Morgan fingerprint density at radius 1 is 1.31 bits per heavy atom. The van der Waals surface area contributed by atoms with Crippen molar-refractivity contribution in [2.75, 3.05) is 0 Å². The highest BCUT2D eigenvalue weighted by atomic mass is 31.0. The monoisotopic (exact) mass is 228 g/mol. The smallest absolute Gasteiger partial charge is 0.0132 e. The third-order valence-corrected chi connectivity index (χ3v) is 3.44. The molecule has 0 aromatic heterocycles. The van der Waals surface area contributed by atoms with E-state index < -0.39 is 0 Å². The third-order valence-electron chi connectivity index (χ3n) is 2.94. The highest BCUT2D eigenvalue weighted by molar-refractivity contribution is 7.27. The number of hydrogen-bond acceptors (Lipinski definition) is 0. The largest absolute Gasteiger partial charge is 0.105 e. The standard InChI is InChI=1S/C15H17P/c1-12(10-11-13-6-2-3-7-13)14-8-4-5-9-15(14)16/h2-6,8-9H,1,7,10-11,16H2. The van der Waals surface area contributed by atoms with E-state index in [1.807, 2.05) is 0 Å². The Bertz CT molecular complexity index is 452. The lowest BCUT2D eigenvalue weighted by Crippen LogP contribution is -1.99. The highest BCUT2D eigenvalue weighted by Crippen LogP contribution is 2.23. The van der Waals surface area contributed by atoms with Crippen molar-refractivity contribution in [2.45, 2.75) is 19.3 Å². The first-order valence-electron chi connectivity index (χ1n) is 5.64. The average Bonchev–Trinajstić information content (AvgIpc) is 2.79. The van der Waals surface area contributed by atoms with Gasteiger partial charge in [0.25, 0.3) is 0 Å². The summed E-state index contributed by atoms with van der Waals surface area (Å²) in [5.74, 6) is 0. The molecule has 1 heteroatoms. The molecule has 1 atom stereocenters. The van der Waals surface area contributed by atoms with Crippen LogP contribution >= 0.6 is 9.24 Å². The Kier molecular flexibility index (Phi) is 3.74. The van der Waals surface area contributed by atoms with Crippen LogP contribution in [0.2, 0.25) is 0 Å². The fourth-order valence-corrected chi connectivity index (χ4v) is 2.35. The van der Waals surface area contributed by atoms with Crippen molar-refractivity contribution in [1.29, 1.82) is 0 Å². The van der Waals surface area contributed by atoms with Crippen molar-refractivity contribution in [2.24, 2.45) is 0 Å². The van der Waals surface area contributed by atoms with Crippen LogP contribution in [-0.2, 0) is 0 Å². The first-order valence-corrected chi connectivity index (χ1v) is 6.22. The number of hydrogen-bond donors (Lipinski definition) is 0. The van der Waals surface area contributed by atoms with Gasteiger partial charge in [0.15, 0.2) is 0 Å². The molecule has 1 aliphatic carbocycles. The average molecular weight is 228 g/mol. The number of rotatable bonds is 4. The minimum atomic E-state index is 1.05. The summed E-state index contributed by atoms with van der Waals surface area (Å²) in [4.78, 5) is 0. The van der Waals surface area contributed by atoms with Gasteiger partial charge in [0.1, 0.15) is 0 Å². The fraction of sp³-hybridized carbons (Fsp3) is 0.200. The van der Waals surface area contributed by atoms with Crippen LogP contribution in [0.3, 0.4) is 0 Å². The minimum Gasteiger partial charge on any atom is -0.105 e. The number of benzene rings is 1. The van der Waals surface area contributed by atoms with E-state index >= 15 is 0 Å². The second-order valence-corrected chi connectivity index (χ2v) is 4.77. The van der Waals surface area contributed by atoms with Gasteiger partial charge in [-0.3, -0.25) is 0 Å². The lowest BCUT2D eigenvalue weighted by atomic mass is 9.99. The Labute approximate surface area is 100.0 Å². The molecule has 1 aromatic carbocycles. The fourth-order valence-electron chi connectivity index (χ4n) is 1.94. The van der Waals surface area contributed by atoms with Crippen LogP contribution in [-0.4, -0.2) is 0 Å². The van der Waals surface area contributed by atoms with E-state index in [1.165, 1.54) is 22.0 Å². The van der Waals surface area contributed by atoms with Gasteiger partial charge in [0, 0.05) is 0 Å². The summed E-state index contributed by atoms with van der Waals surface area (Å²) >= 11 is 0. The molecule has 0 saturated heterocycles. The van der Waals surface area contributed by atoms with E-state index in [1.54, 1.807) is 0 Å². The van der Waals surface area contributed by atoms with E-state index in [0.29, 0.717) is 0 Å². The molecule has 0 aliphatic heterocycles. The highest BCUT2D eigenvalue weighted by Gasteiger charge is 2.04. The van der Waals surface area contributed by atoms with Crippen molar-refractivity contribution in [1.82, 2.24) is 0 Å². The van der Waals surface area contributed by atoms with Crippen molar-refractivity contribution < 1.29 is 0 Å². The Hall–Kier alpha value is -1.13. The summed E-state index contributed by atoms with van der Waals surface area (Å²) < 4.78 is 0. The maximum absolute atomic E-state index is 4.19. The lowest BCUT2D eigenvalue weighted by Gasteiger charge is -2.09. The molecule has 0 N–H and O–H groups in total. The van der Waals surface area contributed by atoms with Crippen LogP contribution < -0.4 is 5.30 Å². The maximum atomic E-state index is 4.19. The quantitative estimate of drug-likeness (QED) is 0.686. The summed E-state index contributed by atoms with van der Waals surface area (Å²) in [5.41, 5.74) is 4.03. The molecule has 0 amide bonds. The molecule has 0 nitrogen and oxygen atoms in total. The topological polar surface area (TPSA) is 0 Å². The molecule has 0 spiro atoms. The lowest BCUT2D eigenvalue weighted by molar-refractivity contribution is 0.965. The van der Waals surface area contributed by atoms with E-state index in [4.69, 9.17) is 0 Å². The van der Waals surface area contributed by atoms with Gasteiger partial charge in [-0.1, -0.05) is 54.6 Å². The zero-order chi connectivity index (χ0) is 11.4. The molecule has 1 unspecified atom stereocenters. The van der Waals surface area contributed by atoms with Gasteiger partial charge in [0.05, 0.1) is 0 Å². The Morgan fingerprint density at radius 2 is 2.12 bits per heavy atom. The first kappa shape index (κ1) is 11.4.